The zero-order chi connectivity index (χ0) is 18.9. The Hall–Kier alpha value is -3.36. The first-order valence-corrected chi connectivity index (χ1v) is 9.18. The van der Waals surface area contributed by atoms with Crippen LogP contribution >= 0.6 is 11.8 Å². The minimum Gasteiger partial charge on any atom is -0.291 e. The number of nitrogens with zero attached hydrogens (tertiary/aromatic N) is 2. The van der Waals surface area contributed by atoms with Crippen LogP contribution in [0.2, 0.25) is 0 Å². The van der Waals surface area contributed by atoms with Gasteiger partial charge in [-0.15, -0.1) is 0 Å². The molecule has 0 saturated carbocycles. The maximum absolute atomic E-state index is 13.7. The van der Waals surface area contributed by atoms with Gasteiger partial charge in [0.1, 0.15) is 5.40 Å². The van der Waals surface area contributed by atoms with E-state index in [1.165, 1.54) is 4.90 Å². The molecule has 0 aliphatic carbocycles. The molecule has 130 valence electrons. The molecule has 5 heteroatoms. The number of para-hydroxylation sites is 2. The minimum atomic E-state index is -1.64. The van der Waals surface area contributed by atoms with Gasteiger partial charge in [0.2, 0.25) is 0 Å². The number of nitriles is 1. The van der Waals surface area contributed by atoms with Crippen LogP contribution in [0.4, 0.5) is 11.4 Å². The standard InChI is InChI=1S/C22H14N2O2S/c23-15-27-22(16-9-3-1-4-10-16)20(25)18-13-7-8-14-19(18)24(21(22)26)17-11-5-2-6-12-17/h1-14H. The molecule has 27 heavy (non-hydrogen) atoms. The lowest BCUT2D eigenvalue weighted by Gasteiger charge is -2.39. The van der Waals surface area contributed by atoms with Crippen LogP contribution in [0.1, 0.15) is 15.9 Å². The third-order valence-corrected chi connectivity index (χ3v) is 5.60. The van der Waals surface area contributed by atoms with Crippen LogP contribution in [0.25, 0.3) is 0 Å². The van der Waals surface area contributed by atoms with Gasteiger partial charge in [0.05, 0.1) is 5.69 Å². The Kier molecular flexibility index (Phi) is 4.27. The van der Waals surface area contributed by atoms with Crippen LogP contribution in [0.5, 0.6) is 0 Å². The summed E-state index contributed by atoms with van der Waals surface area (Å²) in [6, 6.07) is 25.0. The molecule has 0 N–H and O–H groups in total. The molecule has 4 nitrogen and oxygen atoms in total. The van der Waals surface area contributed by atoms with Gasteiger partial charge in [-0.2, -0.15) is 5.26 Å². The lowest BCUT2D eigenvalue weighted by Crippen LogP contribution is -2.52. The van der Waals surface area contributed by atoms with E-state index >= 15 is 0 Å². The monoisotopic (exact) mass is 370 g/mol. The average Bonchev–Trinajstić information content (AvgIpc) is 2.73. The fourth-order valence-corrected chi connectivity index (χ4v) is 4.16. The Morgan fingerprint density at radius 2 is 1.41 bits per heavy atom. The van der Waals surface area contributed by atoms with Crippen molar-refractivity contribution >= 4 is 34.8 Å². The molecule has 1 amide bonds. The zero-order valence-electron chi connectivity index (χ0n) is 14.2. The number of carbonyl (C=O) groups is 2. The first-order chi connectivity index (χ1) is 13.2. The predicted molar refractivity (Wildman–Crippen MR) is 106 cm³/mol. The fraction of sp³-hybridized carbons (Fsp3) is 0.0455. The van der Waals surface area contributed by atoms with Crippen molar-refractivity contribution in [3.63, 3.8) is 0 Å². The highest BCUT2D eigenvalue weighted by molar-refractivity contribution is 8.06. The summed E-state index contributed by atoms with van der Waals surface area (Å²) in [5, 5.41) is 11.5. The van der Waals surface area contributed by atoms with Crippen molar-refractivity contribution in [2.45, 2.75) is 4.75 Å². The van der Waals surface area contributed by atoms with Gasteiger partial charge in [-0.25, -0.2) is 0 Å². The SMILES string of the molecule is N#CSC1(c2ccccc2)C(=O)c2ccccc2N(c2ccccc2)C1=O. The fourth-order valence-electron chi connectivity index (χ4n) is 3.39. The largest absolute Gasteiger partial charge is 0.291 e. The van der Waals surface area contributed by atoms with E-state index in [9.17, 15) is 14.9 Å². The van der Waals surface area contributed by atoms with Crippen LogP contribution in [0.3, 0.4) is 0 Å². The van der Waals surface area contributed by atoms with E-state index in [0.717, 1.165) is 0 Å². The maximum atomic E-state index is 13.7. The molecular formula is C22H14N2O2S. The van der Waals surface area contributed by atoms with Gasteiger partial charge >= 0.3 is 0 Å². The van der Waals surface area contributed by atoms with E-state index in [1.807, 2.05) is 41.8 Å². The molecule has 1 atom stereocenters. The number of thiocyanates is 1. The van der Waals surface area contributed by atoms with E-state index in [-0.39, 0.29) is 5.78 Å². The maximum Gasteiger partial charge on any atom is 0.261 e. The minimum absolute atomic E-state index is 0.368. The van der Waals surface area contributed by atoms with Crippen molar-refractivity contribution in [3.8, 4) is 5.40 Å². The number of anilines is 2. The van der Waals surface area contributed by atoms with E-state index in [2.05, 4.69) is 0 Å². The summed E-state index contributed by atoms with van der Waals surface area (Å²) in [5.74, 6) is -0.803. The highest BCUT2D eigenvalue weighted by Gasteiger charge is 2.55. The van der Waals surface area contributed by atoms with Crippen molar-refractivity contribution in [2.24, 2.45) is 0 Å². The summed E-state index contributed by atoms with van der Waals surface area (Å²) in [7, 11) is 0. The first kappa shape index (κ1) is 17.1. The van der Waals surface area contributed by atoms with Crippen LogP contribution in [-0.2, 0) is 9.54 Å². The second-order valence-electron chi connectivity index (χ2n) is 6.06. The normalized spacial score (nSPS) is 18.7. The van der Waals surface area contributed by atoms with Crippen molar-refractivity contribution in [2.75, 3.05) is 4.90 Å². The van der Waals surface area contributed by atoms with Gasteiger partial charge in [0.25, 0.3) is 5.91 Å². The summed E-state index contributed by atoms with van der Waals surface area (Å²) in [4.78, 5) is 28.8. The number of ketones is 1. The molecule has 0 fully saturated rings. The number of Topliss-reactive ketones (excluding diaryl/α,β-unsaturated/α-hetero) is 1. The Labute approximate surface area is 161 Å². The van der Waals surface area contributed by atoms with E-state index in [1.54, 1.807) is 48.5 Å². The summed E-state index contributed by atoms with van der Waals surface area (Å²) in [6.07, 6.45) is 0. The third-order valence-electron chi connectivity index (χ3n) is 4.61. The second kappa shape index (κ2) is 6.75. The number of benzene rings is 3. The molecule has 3 aromatic rings. The first-order valence-electron chi connectivity index (χ1n) is 8.36. The zero-order valence-corrected chi connectivity index (χ0v) is 15.0. The van der Waals surface area contributed by atoms with Gasteiger partial charge < -0.3 is 0 Å². The van der Waals surface area contributed by atoms with Gasteiger partial charge in [-0.3, -0.25) is 14.5 Å². The van der Waals surface area contributed by atoms with Crippen LogP contribution in [0.15, 0.2) is 84.9 Å². The molecular weight excluding hydrogens is 356 g/mol. The van der Waals surface area contributed by atoms with E-state index < -0.39 is 10.7 Å². The lowest BCUT2D eigenvalue weighted by molar-refractivity contribution is -0.119. The molecule has 1 aliphatic rings. The molecule has 0 bridgehead atoms. The number of hydrogen-bond donors (Lipinski definition) is 0. The average molecular weight is 370 g/mol. The quantitative estimate of drug-likeness (QED) is 0.497. The number of carbonyl (C=O) groups excluding carboxylic acids is 2. The molecule has 0 aromatic heterocycles. The van der Waals surface area contributed by atoms with Crippen molar-refractivity contribution in [1.29, 1.82) is 5.26 Å². The molecule has 3 aromatic carbocycles. The third kappa shape index (κ3) is 2.54. The van der Waals surface area contributed by atoms with Crippen LogP contribution in [0, 0.1) is 10.7 Å². The molecule has 1 unspecified atom stereocenters. The Morgan fingerprint density at radius 1 is 0.815 bits per heavy atom. The Morgan fingerprint density at radius 3 is 2.07 bits per heavy atom. The Balaban J connectivity index is 2.03. The molecule has 4 rings (SSSR count). The number of fused-ring (bicyclic) bond motifs is 1. The summed E-state index contributed by atoms with van der Waals surface area (Å²) < 4.78 is -1.64. The highest BCUT2D eigenvalue weighted by atomic mass is 32.2. The van der Waals surface area contributed by atoms with Gasteiger partial charge in [-0.05, 0) is 41.6 Å². The number of rotatable bonds is 3. The van der Waals surface area contributed by atoms with Crippen molar-refractivity contribution < 1.29 is 9.59 Å². The van der Waals surface area contributed by atoms with E-state index in [0.29, 0.717) is 34.3 Å². The molecule has 0 spiro atoms. The number of thioether (sulfide) groups is 1. The topological polar surface area (TPSA) is 61.2 Å². The van der Waals surface area contributed by atoms with Crippen molar-refractivity contribution in [1.82, 2.24) is 0 Å². The smallest absolute Gasteiger partial charge is 0.261 e. The van der Waals surface area contributed by atoms with Crippen LogP contribution < -0.4 is 4.90 Å². The second-order valence-corrected chi connectivity index (χ2v) is 7.06. The van der Waals surface area contributed by atoms with Gasteiger partial charge in [0, 0.05) is 11.3 Å². The lowest BCUT2D eigenvalue weighted by atomic mass is 9.83. The summed E-state index contributed by atoms with van der Waals surface area (Å²) in [5.41, 5.74) is 2.11. The summed E-state index contributed by atoms with van der Waals surface area (Å²) >= 11 is 0.696. The number of hydrogen-bond acceptors (Lipinski definition) is 4. The molecule has 0 saturated heterocycles. The van der Waals surface area contributed by atoms with Crippen molar-refractivity contribution in [3.05, 3.63) is 96.1 Å². The highest BCUT2D eigenvalue weighted by Crippen LogP contribution is 2.48. The molecule has 1 heterocycles. The number of amides is 1. The van der Waals surface area contributed by atoms with E-state index in [4.69, 9.17) is 0 Å². The van der Waals surface area contributed by atoms with Crippen LogP contribution in [-0.4, -0.2) is 11.7 Å². The molecule has 0 radical (unpaired) electrons. The van der Waals surface area contributed by atoms with Gasteiger partial charge in [-0.1, -0.05) is 60.7 Å². The Bertz CT molecular complexity index is 1060. The van der Waals surface area contributed by atoms with Gasteiger partial charge in [0.15, 0.2) is 10.5 Å². The summed E-state index contributed by atoms with van der Waals surface area (Å²) in [6.45, 7) is 0. The predicted octanol–water partition coefficient (Wildman–Crippen LogP) is 4.66. The molecule has 1 aliphatic heterocycles.